The standard InChI is InChI=1S/C23H26N3O2/c1-26(2)15-22(13-14-22)18-9-7-17(8-10-18)20(27)25-23(21(24)28)12-11-16-5-3-4-6-19(16)23/h3-10,12H,11,13-15H2,1-2H3,(H2,24,28)(H,25,27). The van der Waals surface area contributed by atoms with Crippen LogP contribution in [0, 0.1) is 6.42 Å². The molecule has 3 N–H and O–H groups in total. The van der Waals surface area contributed by atoms with E-state index in [1.54, 1.807) is 6.42 Å². The fraction of sp³-hybridized carbons (Fsp3) is 0.348. The predicted octanol–water partition coefficient (Wildman–Crippen LogP) is 2.15. The molecule has 1 unspecified atom stereocenters. The van der Waals surface area contributed by atoms with E-state index in [0.717, 1.165) is 17.7 Å². The average Bonchev–Trinajstić information content (AvgIpc) is 3.35. The van der Waals surface area contributed by atoms with E-state index >= 15 is 0 Å². The first-order chi connectivity index (χ1) is 13.4. The van der Waals surface area contributed by atoms with Gasteiger partial charge in [-0.05, 0) is 62.2 Å². The van der Waals surface area contributed by atoms with Crippen molar-refractivity contribution < 1.29 is 9.59 Å². The Morgan fingerprint density at radius 3 is 2.36 bits per heavy atom. The Bertz CT molecular complexity index is 916. The minimum absolute atomic E-state index is 0.213. The number of nitrogens with one attached hydrogen (secondary N) is 1. The zero-order valence-corrected chi connectivity index (χ0v) is 16.4. The van der Waals surface area contributed by atoms with E-state index in [-0.39, 0.29) is 11.3 Å². The molecule has 0 aromatic heterocycles. The predicted molar refractivity (Wildman–Crippen MR) is 109 cm³/mol. The first kappa shape index (κ1) is 18.7. The van der Waals surface area contributed by atoms with Crippen molar-refractivity contribution in [2.75, 3.05) is 20.6 Å². The zero-order valence-electron chi connectivity index (χ0n) is 16.4. The summed E-state index contributed by atoms with van der Waals surface area (Å²) >= 11 is 0. The van der Waals surface area contributed by atoms with Gasteiger partial charge in [-0.3, -0.25) is 9.59 Å². The fourth-order valence-corrected chi connectivity index (χ4v) is 4.39. The maximum atomic E-state index is 12.9. The largest absolute Gasteiger partial charge is 0.367 e. The summed E-state index contributed by atoms with van der Waals surface area (Å²) < 4.78 is 0. The van der Waals surface area contributed by atoms with Crippen molar-refractivity contribution >= 4 is 11.8 Å². The molecule has 0 spiro atoms. The van der Waals surface area contributed by atoms with Crippen molar-refractivity contribution in [1.82, 2.24) is 10.2 Å². The van der Waals surface area contributed by atoms with E-state index < -0.39 is 11.4 Å². The molecule has 2 aliphatic rings. The van der Waals surface area contributed by atoms with Crippen molar-refractivity contribution in [2.45, 2.75) is 30.2 Å². The SMILES string of the molecule is CN(C)CC1(c2ccc(C(=O)NC3(C(N)=O)[CH]Cc4ccccc43)cc2)CC1. The van der Waals surface area contributed by atoms with Crippen LogP contribution in [-0.4, -0.2) is 37.4 Å². The number of nitrogens with two attached hydrogens (primary N) is 1. The Morgan fingerprint density at radius 1 is 1.07 bits per heavy atom. The molecule has 5 nitrogen and oxygen atoms in total. The van der Waals surface area contributed by atoms with E-state index in [4.69, 9.17) is 5.73 Å². The number of benzene rings is 2. The highest BCUT2D eigenvalue weighted by molar-refractivity contribution is 6.00. The molecular formula is C23H26N3O2. The molecule has 145 valence electrons. The minimum atomic E-state index is -1.25. The number of amides is 2. The van der Waals surface area contributed by atoms with Crippen LogP contribution in [0.5, 0.6) is 0 Å². The lowest BCUT2D eigenvalue weighted by atomic mass is 9.90. The summed E-state index contributed by atoms with van der Waals surface area (Å²) in [6, 6.07) is 15.3. The quantitative estimate of drug-likeness (QED) is 0.811. The number of fused-ring (bicyclic) bond motifs is 1. The summed E-state index contributed by atoms with van der Waals surface area (Å²) in [6.07, 6.45) is 4.74. The number of likely N-dealkylation sites (N-methyl/N-ethyl adjacent to an activating group) is 1. The lowest BCUT2D eigenvalue weighted by molar-refractivity contribution is -0.123. The maximum absolute atomic E-state index is 12.9. The third kappa shape index (κ3) is 3.10. The molecule has 0 saturated heterocycles. The summed E-state index contributed by atoms with van der Waals surface area (Å²) in [6.45, 7) is 1.01. The van der Waals surface area contributed by atoms with Crippen molar-refractivity contribution in [3.05, 3.63) is 77.2 Å². The smallest absolute Gasteiger partial charge is 0.252 e. The van der Waals surface area contributed by atoms with Crippen LogP contribution in [-0.2, 0) is 22.2 Å². The molecule has 1 fully saturated rings. The normalized spacial score (nSPS) is 22.0. The van der Waals surface area contributed by atoms with E-state index in [2.05, 4.69) is 24.3 Å². The van der Waals surface area contributed by atoms with Gasteiger partial charge in [0.25, 0.3) is 5.91 Å². The number of primary amides is 1. The Labute approximate surface area is 165 Å². The van der Waals surface area contributed by atoms with Crippen LogP contribution in [0.2, 0.25) is 0 Å². The summed E-state index contributed by atoms with van der Waals surface area (Å²) in [7, 11) is 4.17. The first-order valence-electron chi connectivity index (χ1n) is 9.67. The summed E-state index contributed by atoms with van der Waals surface area (Å²) in [5, 5.41) is 2.89. The second kappa shape index (κ2) is 6.74. The average molecular weight is 376 g/mol. The molecular weight excluding hydrogens is 350 g/mol. The van der Waals surface area contributed by atoms with E-state index in [0.29, 0.717) is 12.0 Å². The maximum Gasteiger partial charge on any atom is 0.252 e. The highest BCUT2D eigenvalue weighted by Gasteiger charge is 2.46. The van der Waals surface area contributed by atoms with E-state index in [9.17, 15) is 9.59 Å². The van der Waals surface area contributed by atoms with Crippen LogP contribution in [0.4, 0.5) is 0 Å². The Balaban J connectivity index is 1.56. The molecule has 0 bridgehead atoms. The molecule has 1 atom stereocenters. The number of hydrogen-bond donors (Lipinski definition) is 2. The summed E-state index contributed by atoms with van der Waals surface area (Å²) in [5.41, 5.74) is 8.24. The highest BCUT2D eigenvalue weighted by atomic mass is 16.2. The molecule has 2 aliphatic carbocycles. The summed E-state index contributed by atoms with van der Waals surface area (Å²) in [5.74, 6) is -0.860. The van der Waals surface area contributed by atoms with Gasteiger partial charge in [-0.1, -0.05) is 36.4 Å². The van der Waals surface area contributed by atoms with Gasteiger partial charge in [0, 0.05) is 23.9 Å². The molecule has 2 amide bonds. The number of hydrogen-bond acceptors (Lipinski definition) is 3. The second-order valence-corrected chi connectivity index (χ2v) is 8.29. The Kier molecular flexibility index (Phi) is 4.50. The number of nitrogens with zero attached hydrogens (tertiary/aromatic N) is 1. The Morgan fingerprint density at radius 2 is 1.75 bits per heavy atom. The molecule has 0 aliphatic heterocycles. The van der Waals surface area contributed by atoms with Crippen LogP contribution in [0.15, 0.2) is 48.5 Å². The molecule has 28 heavy (non-hydrogen) atoms. The molecule has 1 radical (unpaired) electrons. The fourth-order valence-electron chi connectivity index (χ4n) is 4.39. The van der Waals surface area contributed by atoms with Gasteiger partial charge in [0.2, 0.25) is 5.91 Å². The molecule has 2 aromatic carbocycles. The molecule has 0 heterocycles. The molecule has 1 saturated carbocycles. The third-order valence-electron chi connectivity index (χ3n) is 6.00. The van der Waals surface area contributed by atoms with E-state index in [1.807, 2.05) is 48.5 Å². The van der Waals surface area contributed by atoms with Crippen molar-refractivity contribution in [3.8, 4) is 0 Å². The van der Waals surface area contributed by atoms with Gasteiger partial charge in [-0.15, -0.1) is 0 Å². The van der Waals surface area contributed by atoms with E-state index in [1.165, 1.54) is 18.4 Å². The number of carbonyl (C=O) groups is 2. The van der Waals surface area contributed by atoms with Crippen LogP contribution < -0.4 is 11.1 Å². The van der Waals surface area contributed by atoms with Crippen LogP contribution in [0.3, 0.4) is 0 Å². The van der Waals surface area contributed by atoms with Crippen molar-refractivity contribution in [3.63, 3.8) is 0 Å². The van der Waals surface area contributed by atoms with Gasteiger partial charge in [-0.25, -0.2) is 0 Å². The van der Waals surface area contributed by atoms with Gasteiger partial charge in [0.1, 0.15) is 5.54 Å². The first-order valence-corrected chi connectivity index (χ1v) is 9.67. The monoisotopic (exact) mass is 376 g/mol. The molecule has 5 heteroatoms. The van der Waals surface area contributed by atoms with Gasteiger partial charge in [0.05, 0.1) is 0 Å². The van der Waals surface area contributed by atoms with Crippen LogP contribution in [0.1, 0.15) is 39.9 Å². The summed E-state index contributed by atoms with van der Waals surface area (Å²) in [4.78, 5) is 27.5. The number of rotatable bonds is 6. The van der Waals surface area contributed by atoms with Crippen LogP contribution >= 0.6 is 0 Å². The van der Waals surface area contributed by atoms with Gasteiger partial charge >= 0.3 is 0 Å². The molecule has 4 rings (SSSR count). The lowest BCUT2D eigenvalue weighted by Crippen LogP contribution is -2.53. The lowest BCUT2D eigenvalue weighted by Gasteiger charge is -2.28. The van der Waals surface area contributed by atoms with Crippen molar-refractivity contribution in [1.29, 1.82) is 0 Å². The van der Waals surface area contributed by atoms with Crippen LogP contribution in [0.25, 0.3) is 0 Å². The van der Waals surface area contributed by atoms with Crippen molar-refractivity contribution in [2.24, 2.45) is 5.73 Å². The topological polar surface area (TPSA) is 75.4 Å². The Hall–Kier alpha value is -2.66. The third-order valence-corrected chi connectivity index (χ3v) is 6.00. The van der Waals surface area contributed by atoms with Gasteiger partial charge in [0.15, 0.2) is 0 Å². The van der Waals surface area contributed by atoms with Gasteiger partial charge < -0.3 is 16.0 Å². The van der Waals surface area contributed by atoms with Gasteiger partial charge in [-0.2, -0.15) is 0 Å². The molecule has 2 aromatic rings. The number of carbonyl (C=O) groups excluding carboxylic acids is 2. The second-order valence-electron chi connectivity index (χ2n) is 8.29. The zero-order chi connectivity index (χ0) is 19.9. The minimum Gasteiger partial charge on any atom is -0.367 e. The highest BCUT2D eigenvalue weighted by Crippen LogP contribution is 2.48.